The van der Waals surface area contributed by atoms with Crippen molar-refractivity contribution >= 4 is 17.9 Å². The molecule has 184 valence electrons. The lowest BCUT2D eigenvalue weighted by Gasteiger charge is -2.37. The van der Waals surface area contributed by atoms with Gasteiger partial charge in [-0.25, -0.2) is 9.18 Å². The maximum Gasteiger partial charge on any atom is 0.416 e. The zero-order valence-electron chi connectivity index (χ0n) is 19.3. The number of benzene rings is 1. The summed E-state index contributed by atoms with van der Waals surface area (Å²) in [5, 5.41) is 2.58. The molecule has 1 heterocycles. The molecule has 3 amide bonds. The molecular formula is C22H29F4N3O4. The lowest BCUT2D eigenvalue weighted by atomic mass is 10.0. The van der Waals surface area contributed by atoms with Crippen molar-refractivity contribution in [2.75, 3.05) is 26.2 Å². The summed E-state index contributed by atoms with van der Waals surface area (Å²) in [5.41, 5.74) is -2.37. The van der Waals surface area contributed by atoms with E-state index >= 15 is 0 Å². The van der Waals surface area contributed by atoms with Gasteiger partial charge in [-0.3, -0.25) is 9.59 Å². The summed E-state index contributed by atoms with van der Waals surface area (Å²) in [6.45, 7) is 9.06. The van der Waals surface area contributed by atoms with Gasteiger partial charge >= 0.3 is 12.3 Å². The second-order valence-electron chi connectivity index (χ2n) is 9.18. The van der Waals surface area contributed by atoms with E-state index in [0.717, 1.165) is 6.07 Å². The van der Waals surface area contributed by atoms with Gasteiger partial charge in [0.15, 0.2) is 0 Å². The summed E-state index contributed by atoms with van der Waals surface area (Å²) in [4.78, 5) is 40.4. The van der Waals surface area contributed by atoms with Crippen molar-refractivity contribution in [1.82, 2.24) is 15.1 Å². The topological polar surface area (TPSA) is 79.0 Å². The average molecular weight is 475 g/mol. The first-order valence-electron chi connectivity index (χ1n) is 10.5. The number of alkyl halides is 3. The molecule has 0 radical (unpaired) electrons. The fraction of sp³-hybridized carbons (Fsp3) is 0.591. The molecule has 0 aliphatic carbocycles. The van der Waals surface area contributed by atoms with Crippen LogP contribution in [0.2, 0.25) is 0 Å². The highest BCUT2D eigenvalue weighted by molar-refractivity contribution is 5.95. The van der Waals surface area contributed by atoms with E-state index < -0.39 is 46.8 Å². The van der Waals surface area contributed by atoms with Crippen LogP contribution in [0.1, 0.15) is 50.5 Å². The van der Waals surface area contributed by atoms with Crippen LogP contribution in [0.25, 0.3) is 0 Å². The summed E-state index contributed by atoms with van der Waals surface area (Å²) in [6.07, 6.45) is -5.43. The number of amides is 3. The molecule has 0 spiro atoms. The van der Waals surface area contributed by atoms with Gasteiger partial charge in [-0.15, -0.1) is 0 Å². The molecule has 7 nitrogen and oxygen atoms in total. The van der Waals surface area contributed by atoms with Crippen LogP contribution in [0.15, 0.2) is 18.2 Å². The van der Waals surface area contributed by atoms with Crippen LogP contribution in [0, 0.1) is 11.7 Å². The van der Waals surface area contributed by atoms with Gasteiger partial charge in [0.1, 0.15) is 17.5 Å². The van der Waals surface area contributed by atoms with Crippen LogP contribution < -0.4 is 5.32 Å². The highest BCUT2D eigenvalue weighted by Gasteiger charge is 2.35. The van der Waals surface area contributed by atoms with Crippen molar-refractivity contribution < 1.29 is 36.7 Å². The first-order valence-corrected chi connectivity index (χ1v) is 10.5. The fourth-order valence-corrected chi connectivity index (χ4v) is 3.31. The van der Waals surface area contributed by atoms with Crippen molar-refractivity contribution in [3.63, 3.8) is 0 Å². The molecule has 2 rings (SSSR count). The van der Waals surface area contributed by atoms with Crippen molar-refractivity contribution in [2.24, 2.45) is 5.92 Å². The molecule has 1 aromatic rings. The number of nitrogens with one attached hydrogen (secondary N) is 1. The number of carbonyl (C=O) groups is 3. The molecule has 0 saturated carbocycles. The molecule has 1 saturated heterocycles. The van der Waals surface area contributed by atoms with E-state index in [1.54, 1.807) is 34.6 Å². The minimum atomic E-state index is -4.71. The summed E-state index contributed by atoms with van der Waals surface area (Å²) in [7, 11) is 0. The van der Waals surface area contributed by atoms with E-state index in [9.17, 15) is 31.9 Å². The Balaban J connectivity index is 2.02. The minimum Gasteiger partial charge on any atom is -0.444 e. The molecule has 33 heavy (non-hydrogen) atoms. The van der Waals surface area contributed by atoms with E-state index in [1.807, 2.05) is 0 Å². The minimum absolute atomic E-state index is 0.0717. The first kappa shape index (κ1) is 26.4. The number of nitrogens with zero attached hydrogens (tertiary/aromatic N) is 2. The van der Waals surface area contributed by atoms with E-state index in [1.165, 1.54) is 9.80 Å². The largest absolute Gasteiger partial charge is 0.444 e. The Kier molecular flexibility index (Phi) is 7.97. The van der Waals surface area contributed by atoms with Crippen LogP contribution in [0.5, 0.6) is 0 Å². The number of carbonyl (C=O) groups excluding carboxylic acids is 3. The summed E-state index contributed by atoms with van der Waals surface area (Å²) >= 11 is 0. The Bertz CT molecular complexity index is 889. The van der Waals surface area contributed by atoms with Gasteiger partial charge in [0.25, 0.3) is 5.91 Å². The van der Waals surface area contributed by atoms with Gasteiger partial charge < -0.3 is 19.9 Å². The summed E-state index contributed by atoms with van der Waals surface area (Å²) < 4.78 is 57.5. The Hall–Kier alpha value is -2.85. The highest BCUT2D eigenvalue weighted by atomic mass is 19.4. The van der Waals surface area contributed by atoms with Crippen LogP contribution in [0.4, 0.5) is 22.4 Å². The zero-order chi connectivity index (χ0) is 25.1. The quantitative estimate of drug-likeness (QED) is 0.674. The number of halogens is 4. The Morgan fingerprint density at radius 2 is 1.55 bits per heavy atom. The number of alkyl carbamates (subject to hydrolysis) is 1. The molecule has 1 aromatic carbocycles. The van der Waals surface area contributed by atoms with Crippen molar-refractivity contribution in [2.45, 2.75) is 52.4 Å². The molecule has 0 bridgehead atoms. The Labute approximate surface area is 190 Å². The Morgan fingerprint density at radius 1 is 1.00 bits per heavy atom. The second kappa shape index (κ2) is 9.96. The molecular weight excluding hydrogens is 446 g/mol. The average Bonchev–Trinajstić information content (AvgIpc) is 2.69. The molecule has 11 heteroatoms. The lowest BCUT2D eigenvalue weighted by Crippen LogP contribution is -2.57. The molecule has 1 aliphatic heterocycles. The van der Waals surface area contributed by atoms with E-state index in [-0.39, 0.29) is 38.0 Å². The summed E-state index contributed by atoms with van der Waals surface area (Å²) in [5.74, 6) is -2.58. The van der Waals surface area contributed by atoms with E-state index in [0.29, 0.717) is 12.1 Å². The molecule has 1 fully saturated rings. The van der Waals surface area contributed by atoms with Gasteiger partial charge in [-0.05, 0) is 44.9 Å². The van der Waals surface area contributed by atoms with Crippen molar-refractivity contribution in [1.29, 1.82) is 0 Å². The maximum absolute atomic E-state index is 14.2. The summed E-state index contributed by atoms with van der Waals surface area (Å²) in [6, 6.07) is 0.931. The van der Waals surface area contributed by atoms with Gasteiger partial charge in [0.2, 0.25) is 5.91 Å². The van der Waals surface area contributed by atoms with Gasteiger partial charge in [-0.2, -0.15) is 13.2 Å². The van der Waals surface area contributed by atoms with Crippen LogP contribution >= 0.6 is 0 Å². The van der Waals surface area contributed by atoms with Crippen LogP contribution in [-0.2, 0) is 15.7 Å². The predicted molar refractivity (Wildman–Crippen MR) is 112 cm³/mol. The van der Waals surface area contributed by atoms with E-state index in [4.69, 9.17) is 4.74 Å². The zero-order valence-corrected chi connectivity index (χ0v) is 19.3. The standard InChI is InChI=1S/C22H29F4N3O4/c1-13(2)17(27-20(32)33-21(3,4)5)19(31)29-10-8-28(9-11-29)18(30)15-7-6-14(12-16(15)23)22(24,25)26/h6-7,12-13,17H,8-11H2,1-5H3,(H,27,32)/t17-/m0/s1. The third-order valence-electron chi connectivity index (χ3n) is 5.01. The Morgan fingerprint density at radius 3 is 2.00 bits per heavy atom. The smallest absolute Gasteiger partial charge is 0.416 e. The molecule has 1 atom stereocenters. The van der Waals surface area contributed by atoms with Crippen molar-refractivity contribution in [3.8, 4) is 0 Å². The second-order valence-corrected chi connectivity index (χ2v) is 9.18. The number of hydrogen-bond donors (Lipinski definition) is 1. The first-order chi connectivity index (χ1) is 15.1. The maximum atomic E-state index is 14.2. The predicted octanol–water partition coefficient (Wildman–Crippen LogP) is 3.68. The van der Waals surface area contributed by atoms with Gasteiger partial charge in [0.05, 0.1) is 11.1 Å². The molecule has 0 unspecified atom stereocenters. The SMILES string of the molecule is CC(C)[C@H](NC(=O)OC(C)(C)C)C(=O)N1CCN(C(=O)c2ccc(C(F)(F)F)cc2F)CC1. The number of piperazine rings is 1. The van der Waals surface area contributed by atoms with Crippen LogP contribution in [-0.4, -0.2) is 65.5 Å². The third kappa shape index (κ3) is 7.06. The molecule has 1 aliphatic rings. The lowest BCUT2D eigenvalue weighted by molar-refractivity contribution is -0.138. The normalized spacial score (nSPS) is 15.9. The monoisotopic (exact) mass is 475 g/mol. The van der Waals surface area contributed by atoms with Gasteiger partial charge in [-0.1, -0.05) is 13.8 Å². The number of rotatable bonds is 4. The van der Waals surface area contributed by atoms with Crippen LogP contribution in [0.3, 0.4) is 0 Å². The highest BCUT2D eigenvalue weighted by Crippen LogP contribution is 2.30. The van der Waals surface area contributed by atoms with E-state index in [2.05, 4.69) is 5.32 Å². The fourth-order valence-electron chi connectivity index (χ4n) is 3.31. The van der Waals surface area contributed by atoms with Crippen molar-refractivity contribution in [3.05, 3.63) is 35.1 Å². The molecule has 0 aromatic heterocycles. The van der Waals surface area contributed by atoms with Gasteiger partial charge in [0, 0.05) is 26.2 Å². The third-order valence-corrected chi connectivity index (χ3v) is 5.01. The number of ether oxygens (including phenoxy) is 1. The molecule has 1 N–H and O–H groups in total. The number of hydrogen-bond acceptors (Lipinski definition) is 4.